The molecule has 0 atom stereocenters. The van der Waals surface area contributed by atoms with Crippen LogP contribution in [0.1, 0.15) is 10.4 Å². The average molecular weight is 278 g/mol. The number of para-hydroxylation sites is 2. The molecule has 0 radical (unpaired) electrons. The van der Waals surface area contributed by atoms with Crippen LogP contribution in [0.2, 0.25) is 0 Å². The Kier molecular flexibility index (Phi) is 3.64. The first-order valence-corrected chi connectivity index (χ1v) is 6.75. The highest BCUT2D eigenvalue weighted by atomic mass is 32.2. The molecule has 2 aromatic rings. The molecule has 0 bridgehead atoms. The van der Waals surface area contributed by atoms with Crippen molar-refractivity contribution >= 4 is 16.4 Å². The summed E-state index contributed by atoms with van der Waals surface area (Å²) in [6.45, 7) is 0. The van der Waals surface area contributed by atoms with Crippen LogP contribution in [0.15, 0.2) is 53.4 Å². The lowest BCUT2D eigenvalue weighted by atomic mass is 10.2. The van der Waals surface area contributed by atoms with Crippen LogP contribution in [0, 0.1) is 0 Å². The molecule has 0 saturated heterocycles. The number of ether oxygens (including phenoxy) is 1. The van der Waals surface area contributed by atoms with Gasteiger partial charge in [0.05, 0.1) is 5.56 Å². The number of aldehydes is 1. The highest BCUT2D eigenvalue weighted by Gasteiger charge is 2.20. The van der Waals surface area contributed by atoms with Crippen molar-refractivity contribution in [2.24, 2.45) is 0 Å². The van der Waals surface area contributed by atoms with Crippen molar-refractivity contribution in [2.75, 3.05) is 0 Å². The molecule has 0 spiro atoms. The molecule has 19 heavy (non-hydrogen) atoms. The van der Waals surface area contributed by atoms with E-state index in [0.717, 1.165) is 0 Å². The molecule has 0 unspecified atom stereocenters. The fourth-order valence-corrected chi connectivity index (χ4v) is 2.19. The molecule has 2 aromatic carbocycles. The van der Waals surface area contributed by atoms with E-state index in [0.29, 0.717) is 12.0 Å². The van der Waals surface area contributed by atoms with Gasteiger partial charge in [-0.15, -0.1) is 0 Å². The lowest BCUT2D eigenvalue weighted by Crippen LogP contribution is -2.03. The highest BCUT2D eigenvalue weighted by molar-refractivity contribution is 7.86. The van der Waals surface area contributed by atoms with Crippen LogP contribution in [-0.4, -0.2) is 19.3 Å². The summed E-state index contributed by atoms with van der Waals surface area (Å²) < 4.78 is 37.1. The van der Waals surface area contributed by atoms with Crippen molar-refractivity contribution in [1.82, 2.24) is 0 Å². The van der Waals surface area contributed by atoms with Crippen molar-refractivity contribution in [3.63, 3.8) is 0 Å². The van der Waals surface area contributed by atoms with E-state index < -0.39 is 15.0 Å². The summed E-state index contributed by atoms with van der Waals surface area (Å²) in [5.74, 6) is 0.174. The summed E-state index contributed by atoms with van der Waals surface area (Å²) >= 11 is 0. The van der Waals surface area contributed by atoms with Gasteiger partial charge in [-0.2, -0.15) is 8.42 Å². The Labute approximate surface area is 110 Å². The Morgan fingerprint density at radius 3 is 2.26 bits per heavy atom. The molecule has 0 aliphatic carbocycles. The number of carbonyl (C=O) groups excluding carboxylic acids is 1. The van der Waals surface area contributed by atoms with Gasteiger partial charge < -0.3 is 4.74 Å². The molecule has 5 nitrogen and oxygen atoms in total. The maximum absolute atomic E-state index is 11.3. The fourth-order valence-electron chi connectivity index (χ4n) is 1.54. The molecule has 0 aliphatic heterocycles. The molecule has 2 rings (SSSR count). The van der Waals surface area contributed by atoms with Crippen molar-refractivity contribution < 1.29 is 22.5 Å². The topological polar surface area (TPSA) is 80.7 Å². The van der Waals surface area contributed by atoms with Crippen LogP contribution in [0.4, 0.5) is 0 Å². The SMILES string of the molecule is O=Cc1cccc(S(=O)(=O)O)c1Oc1ccccc1. The van der Waals surface area contributed by atoms with Crippen molar-refractivity contribution in [2.45, 2.75) is 4.90 Å². The zero-order valence-corrected chi connectivity index (χ0v) is 10.5. The number of hydrogen-bond donors (Lipinski definition) is 1. The van der Waals surface area contributed by atoms with Crippen LogP contribution in [0.3, 0.4) is 0 Å². The van der Waals surface area contributed by atoms with Gasteiger partial charge in [0.15, 0.2) is 12.0 Å². The molecular formula is C13H10O5S. The van der Waals surface area contributed by atoms with Gasteiger partial charge in [0, 0.05) is 0 Å². The zero-order chi connectivity index (χ0) is 13.9. The van der Waals surface area contributed by atoms with E-state index in [9.17, 15) is 13.2 Å². The van der Waals surface area contributed by atoms with Gasteiger partial charge in [0.1, 0.15) is 10.6 Å². The number of rotatable bonds is 4. The normalized spacial score (nSPS) is 11.0. The van der Waals surface area contributed by atoms with Crippen molar-refractivity contribution in [3.05, 3.63) is 54.1 Å². The Balaban J connectivity index is 2.57. The Hall–Kier alpha value is -2.18. The molecular weight excluding hydrogens is 268 g/mol. The third kappa shape index (κ3) is 2.98. The lowest BCUT2D eigenvalue weighted by Gasteiger charge is -2.11. The summed E-state index contributed by atoms with van der Waals surface area (Å²) in [7, 11) is -4.47. The zero-order valence-electron chi connectivity index (χ0n) is 9.68. The number of carbonyl (C=O) groups is 1. The van der Waals surface area contributed by atoms with Gasteiger partial charge in [-0.3, -0.25) is 9.35 Å². The smallest absolute Gasteiger partial charge is 0.298 e. The minimum Gasteiger partial charge on any atom is -0.455 e. The molecule has 98 valence electrons. The van der Waals surface area contributed by atoms with E-state index in [4.69, 9.17) is 9.29 Å². The van der Waals surface area contributed by atoms with Crippen LogP contribution >= 0.6 is 0 Å². The predicted octanol–water partition coefficient (Wildman–Crippen LogP) is 2.54. The summed E-state index contributed by atoms with van der Waals surface area (Å²) in [6, 6.07) is 12.3. The molecule has 0 fully saturated rings. The van der Waals surface area contributed by atoms with Gasteiger partial charge in [0.25, 0.3) is 10.1 Å². The molecule has 6 heteroatoms. The van der Waals surface area contributed by atoms with Gasteiger partial charge in [-0.25, -0.2) is 0 Å². The predicted molar refractivity (Wildman–Crippen MR) is 68.2 cm³/mol. The minimum absolute atomic E-state index is 0.0407. The second-order valence-corrected chi connectivity index (χ2v) is 5.07. The fraction of sp³-hybridized carbons (Fsp3) is 0. The number of hydrogen-bond acceptors (Lipinski definition) is 4. The summed E-state index contributed by atoms with van der Waals surface area (Å²) in [4.78, 5) is 10.5. The van der Waals surface area contributed by atoms with Crippen molar-refractivity contribution in [3.8, 4) is 11.5 Å². The quantitative estimate of drug-likeness (QED) is 0.686. The van der Waals surface area contributed by atoms with Gasteiger partial charge in [-0.1, -0.05) is 24.3 Å². The van der Waals surface area contributed by atoms with Gasteiger partial charge in [-0.05, 0) is 24.3 Å². The maximum atomic E-state index is 11.3. The van der Waals surface area contributed by atoms with Crippen LogP contribution in [0.25, 0.3) is 0 Å². The Morgan fingerprint density at radius 1 is 1.00 bits per heavy atom. The first-order valence-electron chi connectivity index (χ1n) is 5.31. The largest absolute Gasteiger partial charge is 0.455 e. The second kappa shape index (κ2) is 5.21. The highest BCUT2D eigenvalue weighted by Crippen LogP contribution is 2.31. The first-order chi connectivity index (χ1) is 9.02. The average Bonchev–Trinajstić information content (AvgIpc) is 2.39. The second-order valence-electron chi connectivity index (χ2n) is 3.68. The standard InChI is InChI=1S/C13H10O5S/c14-9-10-5-4-8-12(19(15,16)17)13(10)18-11-6-2-1-3-7-11/h1-9H,(H,15,16,17). The van der Waals surface area contributed by atoms with Crippen LogP contribution in [0.5, 0.6) is 11.5 Å². The summed E-state index contributed by atoms with van der Waals surface area (Å²) in [6.07, 6.45) is 0.465. The van der Waals surface area contributed by atoms with Crippen molar-refractivity contribution in [1.29, 1.82) is 0 Å². The monoisotopic (exact) mass is 278 g/mol. The third-order valence-electron chi connectivity index (χ3n) is 2.38. The molecule has 0 aromatic heterocycles. The van der Waals surface area contributed by atoms with Gasteiger partial charge in [0.2, 0.25) is 0 Å². The molecule has 0 heterocycles. The molecule has 0 saturated carbocycles. The summed E-state index contributed by atoms with van der Waals surface area (Å²) in [5.41, 5.74) is 0.0407. The van der Waals surface area contributed by atoms with E-state index in [1.165, 1.54) is 18.2 Å². The Bertz CT molecular complexity index is 692. The molecule has 0 aliphatic rings. The minimum atomic E-state index is -4.47. The molecule has 1 N–H and O–H groups in total. The van der Waals surface area contributed by atoms with Gasteiger partial charge >= 0.3 is 0 Å². The maximum Gasteiger partial charge on any atom is 0.298 e. The van der Waals surface area contributed by atoms with E-state index in [2.05, 4.69) is 0 Å². The number of benzene rings is 2. The first kappa shape index (κ1) is 13.3. The van der Waals surface area contributed by atoms with Crippen LogP contribution < -0.4 is 4.74 Å². The third-order valence-corrected chi connectivity index (χ3v) is 3.25. The summed E-state index contributed by atoms with van der Waals surface area (Å²) in [5, 5.41) is 0. The van der Waals surface area contributed by atoms with Crippen LogP contribution in [-0.2, 0) is 10.1 Å². The lowest BCUT2D eigenvalue weighted by molar-refractivity contribution is 0.112. The Morgan fingerprint density at radius 2 is 1.68 bits per heavy atom. The molecule has 0 amide bonds. The van der Waals surface area contributed by atoms with E-state index in [-0.39, 0.29) is 11.3 Å². The van der Waals surface area contributed by atoms with E-state index in [1.54, 1.807) is 30.3 Å². The van der Waals surface area contributed by atoms with E-state index >= 15 is 0 Å². The van der Waals surface area contributed by atoms with E-state index in [1.807, 2.05) is 0 Å².